The number of carbonyl (C=O) groups excluding carboxylic acids is 1. The van der Waals surface area contributed by atoms with E-state index in [1.165, 1.54) is 6.07 Å². The van der Waals surface area contributed by atoms with E-state index in [2.05, 4.69) is 10.2 Å². The first-order valence-electron chi connectivity index (χ1n) is 8.05. The van der Waals surface area contributed by atoms with Crippen molar-refractivity contribution >= 4 is 27.3 Å². The van der Waals surface area contributed by atoms with Gasteiger partial charge in [-0.3, -0.25) is 4.79 Å². The molecule has 0 radical (unpaired) electrons. The topological polar surface area (TPSA) is 32.3 Å². The summed E-state index contributed by atoms with van der Waals surface area (Å²) < 4.78 is 39.4. The van der Waals surface area contributed by atoms with Crippen molar-refractivity contribution in [2.45, 2.75) is 25.1 Å². The van der Waals surface area contributed by atoms with Crippen molar-refractivity contribution in [3.05, 3.63) is 34.7 Å². The van der Waals surface area contributed by atoms with Crippen LogP contribution in [0.5, 0.6) is 0 Å². The third-order valence-electron chi connectivity index (χ3n) is 5.05. The van der Waals surface area contributed by atoms with Crippen LogP contribution in [-0.4, -0.2) is 36.5 Å². The largest absolute Gasteiger partial charge is 0.417 e. The quantitative estimate of drug-likeness (QED) is 0.891. The second kappa shape index (κ2) is 5.74. The lowest BCUT2D eigenvalue weighted by atomic mass is 9.84. The van der Waals surface area contributed by atoms with Crippen LogP contribution in [-0.2, 0) is 6.18 Å². The molecule has 3 aliphatic rings. The fourth-order valence-corrected chi connectivity index (χ4v) is 4.86. The molecule has 24 heavy (non-hydrogen) atoms. The second-order valence-electron chi connectivity index (χ2n) is 6.55. The fourth-order valence-electron chi connectivity index (χ4n) is 3.77. The Labute approximate surface area is 141 Å². The van der Waals surface area contributed by atoms with Crippen LogP contribution >= 0.6 is 11.3 Å². The average Bonchev–Trinajstić information content (AvgIpc) is 2.99. The number of hydrogen-bond acceptors (Lipinski definition) is 3. The lowest BCUT2D eigenvalue weighted by Gasteiger charge is -2.44. The second-order valence-corrected chi connectivity index (χ2v) is 7.60. The normalized spacial score (nSPS) is 26.7. The van der Waals surface area contributed by atoms with Gasteiger partial charge in [0, 0.05) is 17.3 Å². The molecular weight excluding hydrogens is 337 g/mol. The molecule has 7 heteroatoms. The van der Waals surface area contributed by atoms with Crippen molar-refractivity contribution in [3.63, 3.8) is 0 Å². The van der Waals surface area contributed by atoms with Crippen LogP contribution in [0.4, 0.5) is 13.2 Å². The molecule has 5 rings (SSSR count). The minimum absolute atomic E-state index is 0.104. The highest BCUT2D eigenvalue weighted by Gasteiger charge is 2.36. The summed E-state index contributed by atoms with van der Waals surface area (Å²) in [6.45, 7) is 3.00. The van der Waals surface area contributed by atoms with Gasteiger partial charge in [-0.1, -0.05) is 12.1 Å². The third kappa shape index (κ3) is 2.80. The van der Waals surface area contributed by atoms with Gasteiger partial charge < -0.3 is 10.2 Å². The Morgan fingerprint density at radius 1 is 1.25 bits per heavy atom. The molecule has 2 bridgehead atoms. The number of halogens is 3. The monoisotopic (exact) mass is 354 g/mol. The molecular formula is C17H17F3N2OS. The van der Waals surface area contributed by atoms with Crippen LogP contribution < -0.4 is 5.32 Å². The zero-order chi connectivity index (χ0) is 16.9. The van der Waals surface area contributed by atoms with Crippen LogP contribution in [0.25, 0.3) is 10.1 Å². The van der Waals surface area contributed by atoms with Crippen molar-refractivity contribution in [3.8, 4) is 0 Å². The van der Waals surface area contributed by atoms with E-state index in [-0.39, 0.29) is 16.6 Å². The molecule has 0 spiro atoms. The highest BCUT2D eigenvalue weighted by molar-refractivity contribution is 7.21. The van der Waals surface area contributed by atoms with Crippen LogP contribution in [0.2, 0.25) is 0 Å². The van der Waals surface area contributed by atoms with Gasteiger partial charge in [0.2, 0.25) is 0 Å². The average molecular weight is 354 g/mol. The van der Waals surface area contributed by atoms with Gasteiger partial charge in [0.1, 0.15) is 0 Å². The SMILES string of the molecule is O=C(N[C@H]1CN2CCC1CC2)c1cc2cccc(C(F)(F)F)c2s1. The molecule has 0 aliphatic carbocycles. The predicted octanol–water partition coefficient (Wildman–Crippen LogP) is 3.74. The van der Waals surface area contributed by atoms with E-state index in [0.29, 0.717) is 16.2 Å². The number of fused-ring (bicyclic) bond motifs is 4. The Balaban J connectivity index is 1.59. The molecule has 1 N–H and O–H groups in total. The molecule has 0 saturated carbocycles. The molecule has 1 aromatic heterocycles. The lowest BCUT2D eigenvalue weighted by Crippen LogP contribution is -2.57. The Bertz CT molecular complexity index is 778. The Morgan fingerprint density at radius 3 is 2.62 bits per heavy atom. The number of carbonyl (C=O) groups is 1. The molecule has 128 valence electrons. The number of hydrogen-bond donors (Lipinski definition) is 1. The fraction of sp³-hybridized carbons (Fsp3) is 0.471. The highest BCUT2D eigenvalue weighted by atomic mass is 32.1. The molecule has 3 nitrogen and oxygen atoms in total. The number of nitrogens with one attached hydrogen (secondary N) is 1. The smallest absolute Gasteiger partial charge is 0.347 e. The van der Waals surface area contributed by atoms with E-state index in [0.717, 1.165) is 49.9 Å². The highest BCUT2D eigenvalue weighted by Crippen LogP contribution is 2.38. The van der Waals surface area contributed by atoms with E-state index in [9.17, 15) is 18.0 Å². The summed E-state index contributed by atoms with van der Waals surface area (Å²) in [6, 6.07) is 5.73. The molecule has 3 saturated heterocycles. The van der Waals surface area contributed by atoms with Crippen molar-refractivity contribution in [1.82, 2.24) is 10.2 Å². The zero-order valence-corrected chi connectivity index (χ0v) is 13.7. The van der Waals surface area contributed by atoms with Gasteiger partial charge in [0.05, 0.1) is 10.4 Å². The van der Waals surface area contributed by atoms with Crippen LogP contribution in [0.3, 0.4) is 0 Å². The first kappa shape index (κ1) is 15.9. The van der Waals surface area contributed by atoms with Gasteiger partial charge in [-0.25, -0.2) is 0 Å². The zero-order valence-electron chi connectivity index (χ0n) is 12.9. The van der Waals surface area contributed by atoms with E-state index < -0.39 is 11.7 Å². The van der Waals surface area contributed by atoms with Crippen molar-refractivity contribution in [1.29, 1.82) is 0 Å². The molecule has 4 heterocycles. The number of thiophene rings is 1. The first-order chi connectivity index (χ1) is 11.4. The predicted molar refractivity (Wildman–Crippen MR) is 87.2 cm³/mol. The Hall–Kier alpha value is -1.60. The third-order valence-corrected chi connectivity index (χ3v) is 6.23. The number of alkyl halides is 3. The summed E-state index contributed by atoms with van der Waals surface area (Å²) in [5.74, 6) is 0.224. The van der Waals surface area contributed by atoms with Crippen LogP contribution in [0, 0.1) is 5.92 Å². The van der Waals surface area contributed by atoms with Gasteiger partial charge in [0.25, 0.3) is 5.91 Å². The van der Waals surface area contributed by atoms with E-state index in [4.69, 9.17) is 0 Å². The summed E-state index contributed by atoms with van der Waals surface area (Å²) in [5.41, 5.74) is -0.674. The molecule has 1 amide bonds. The maximum Gasteiger partial charge on any atom is 0.417 e. The summed E-state index contributed by atoms with van der Waals surface area (Å²) in [5, 5.41) is 3.50. The Kier molecular flexibility index (Phi) is 3.80. The molecule has 0 unspecified atom stereocenters. The van der Waals surface area contributed by atoms with Gasteiger partial charge in [0.15, 0.2) is 0 Å². The summed E-state index contributed by atoms with van der Waals surface area (Å²) in [6.07, 6.45) is -2.25. The standard InChI is InChI=1S/C17H17F3N2OS/c18-17(19,20)12-3-1-2-11-8-14(24-15(11)12)16(23)21-13-9-22-6-4-10(13)5-7-22/h1-3,8,10,13H,4-7,9H2,(H,21,23)/t13-/m0/s1. The van der Waals surface area contributed by atoms with E-state index >= 15 is 0 Å². The van der Waals surface area contributed by atoms with Gasteiger partial charge in [-0.05, 0) is 49.4 Å². The van der Waals surface area contributed by atoms with E-state index in [1.54, 1.807) is 12.1 Å². The number of piperidine rings is 3. The van der Waals surface area contributed by atoms with Crippen LogP contribution in [0.15, 0.2) is 24.3 Å². The Morgan fingerprint density at radius 2 is 2.00 bits per heavy atom. The minimum atomic E-state index is -4.41. The van der Waals surface area contributed by atoms with Gasteiger partial charge in [-0.2, -0.15) is 13.2 Å². The van der Waals surface area contributed by atoms with Crippen molar-refractivity contribution in [2.24, 2.45) is 5.92 Å². The maximum absolute atomic E-state index is 13.1. The number of benzene rings is 1. The molecule has 1 aromatic carbocycles. The van der Waals surface area contributed by atoms with Crippen molar-refractivity contribution < 1.29 is 18.0 Å². The number of rotatable bonds is 2. The van der Waals surface area contributed by atoms with Crippen molar-refractivity contribution in [2.75, 3.05) is 19.6 Å². The molecule has 2 aromatic rings. The first-order valence-corrected chi connectivity index (χ1v) is 8.86. The molecule has 1 atom stereocenters. The summed E-state index contributed by atoms with van der Waals surface area (Å²) in [7, 11) is 0. The number of nitrogens with zero attached hydrogens (tertiary/aromatic N) is 1. The van der Waals surface area contributed by atoms with Crippen LogP contribution in [0.1, 0.15) is 28.1 Å². The van der Waals surface area contributed by atoms with Gasteiger partial charge in [-0.15, -0.1) is 11.3 Å². The minimum Gasteiger partial charge on any atom is -0.347 e. The van der Waals surface area contributed by atoms with Gasteiger partial charge >= 0.3 is 6.18 Å². The summed E-state index contributed by atoms with van der Waals surface area (Å²) >= 11 is 0.922. The lowest BCUT2D eigenvalue weighted by molar-refractivity contribution is -0.136. The van der Waals surface area contributed by atoms with E-state index in [1.807, 2.05) is 0 Å². The molecule has 3 fully saturated rings. The molecule has 3 aliphatic heterocycles. The maximum atomic E-state index is 13.1. The summed E-state index contributed by atoms with van der Waals surface area (Å²) in [4.78, 5) is 15.2. The number of amides is 1.